The highest BCUT2D eigenvalue weighted by molar-refractivity contribution is 7.35. The number of nitrogens with zero attached hydrogens (tertiary/aromatic N) is 1. The van der Waals surface area contributed by atoms with Crippen LogP contribution in [0.5, 0.6) is 0 Å². The van der Waals surface area contributed by atoms with Gasteiger partial charge >= 0.3 is 8.52 Å². The van der Waals surface area contributed by atoms with Gasteiger partial charge in [-0.2, -0.15) is 4.86 Å². The summed E-state index contributed by atoms with van der Waals surface area (Å²) in [5.74, 6) is 0. The maximum absolute atomic E-state index is 3.02. The van der Waals surface area contributed by atoms with Gasteiger partial charge in [-0.05, 0) is 0 Å². The van der Waals surface area contributed by atoms with Crippen LogP contribution in [0, 0.1) is 0 Å². The van der Waals surface area contributed by atoms with E-state index in [1.807, 2.05) is 0 Å². The summed E-state index contributed by atoms with van der Waals surface area (Å²) in [5, 5.41) is 0. The van der Waals surface area contributed by atoms with Gasteiger partial charge < -0.3 is 12.4 Å². The molecule has 1 heterocycles. The molecular weight excluding hydrogens is 173 g/mol. The minimum atomic E-state index is 0. The summed E-state index contributed by atoms with van der Waals surface area (Å²) in [6.45, 7) is 2.53. The monoisotopic (exact) mass is 184 g/mol. The molecule has 0 bridgehead atoms. The molecule has 0 aliphatic carbocycles. The fraction of sp³-hybridized carbons (Fsp3) is 1.00. The Morgan fingerprint density at radius 1 is 1.33 bits per heavy atom. The third-order valence-electron chi connectivity index (χ3n) is 1.28. The van der Waals surface area contributed by atoms with Crippen molar-refractivity contribution in [2.24, 2.45) is 0 Å². The van der Waals surface area contributed by atoms with E-state index in [2.05, 4.69) is 18.6 Å². The van der Waals surface area contributed by atoms with Gasteiger partial charge in [0.05, 0.1) is 0 Å². The third-order valence-corrected chi connectivity index (χ3v) is 2.43. The second-order valence-electron chi connectivity index (χ2n) is 1.89. The van der Waals surface area contributed by atoms with E-state index in [1.54, 1.807) is 0 Å². The zero-order valence-corrected chi connectivity index (χ0v) is 7.98. The first-order valence-corrected chi connectivity index (χ1v) is 4.27. The van der Waals surface area contributed by atoms with Crippen molar-refractivity contribution in [2.75, 3.05) is 13.1 Å². The Morgan fingerprint density at radius 3 is 2.33 bits per heavy atom. The van der Waals surface area contributed by atoms with E-state index in [0.717, 1.165) is 0 Å². The zero-order valence-electron chi connectivity index (χ0n) is 5.18. The van der Waals surface area contributed by atoms with E-state index in [9.17, 15) is 0 Å². The molecular formula is C4H11ClN2P2. The molecule has 0 saturated carbocycles. The van der Waals surface area contributed by atoms with Gasteiger partial charge in [0.1, 0.15) is 13.1 Å². The zero-order chi connectivity index (χ0) is 5.82. The molecule has 1 fully saturated rings. The van der Waals surface area contributed by atoms with Gasteiger partial charge in [0.2, 0.25) is 0 Å². The molecule has 0 aromatic rings. The lowest BCUT2D eigenvalue weighted by Crippen LogP contribution is -3.00. The predicted octanol–water partition coefficient (Wildman–Crippen LogP) is -1.78. The molecule has 0 radical (unpaired) electrons. The van der Waals surface area contributed by atoms with Crippen LogP contribution in [0.2, 0.25) is 0 Å². The molecule has 5 heteroatoms. The van der Waals surface area contributed by atoms with Crippen LogP contribution in [-0.4, -0.2) is 17.4 Å². The Morgan fingerprint density at radius 2 is 1.89 bits per heavy atom. The van der Waals surface area contributed by atoms with Crippen LogP contribution in [0.15, 0.2) is 0 Å². The first-order valence-electron chi connectivity index (χ1n) is 2.84. The lowest BCUT2D eigenvalue weighted by molar-refractivity contribution is -0.481. The Balaban J connectivity index is 0.000000640. The number of nitrogens with one attached hydrogen (secondary N) is 1. The van der Waals surface area contributed by atoms with Crippen molar-refractivity contribution >= 4 is 17.9 Å². The molecule has 1 N–H and O–H groups in total. The molecule has 54 valence electrons. The summed E-state index contributed by atoms with van der Waals surface area (Å²) in [6, 6.07) is 0. The van der Waals surface area contributed by atoms with Crippen molar-refractivity contribution < 1.29 is 16.7 Å². The largest absolute Gasteiger partial charge is 1.00 e. The van der Waals surface area contributed by atoms with Gasteiger partial charge in [-0.25, -0.2) is 4.33 Å². The summed E-state index contributed by atoms with van der Waals surface area (Å²) in [5.41, 5.74) is 0. The maximum atomic E-state index is 3.02. The lowest BCUT2D eigenvalue weighted by atomic mass is 10.4. The van der Waals surface area contributed by atoms with E-state index in [-0.39, 0.29) is 12.4 Å². The standard InChI is InChI=1S/C4H10N2P2.ClH/c7-5-8-6-3-1-2-4-6;/h1-4,7H2;1H. The van der Waals surface area contributed by atoms with Crippen molar-refractivity contribution in [3.8, 4) is 0 Å². The maximum Gasteiger partial charge on any atom is 0.308 e. The first kappa shape index (κ1) is 9.78. The van der Waals surface area contributed by atoms with E-state index < -0.39 is 0 Å². The summed E-state index contributed by atoms with van der Waals surface area (Å²) in [7, 11) is 3.76. The van der Waals surface area contributed by atoms with Crippen molar-refractivity contribution in [1.82, 2.24) is 4.86 Å². The average molecular weight is 185 g/mol. The van der Waals surface area contributed by atoms with Crippen LogP contribution in [-0.2, 0) is 0 Å². The van der Waals surface area contributed by atoms with Crippen LogP contribution in [0.1, 0.15) is 12.8 Å². The number of hydrogen-bond donors (Lipinski definition) is 1. The van der Waals surface area contributed by atoms with E-state index in [1.165, 1.54) is 34.5 Å². The third kappa shape index (κ3) is 3.47. The van der Waals surface area contributed by atoms with E-state index >= 15 is 0 Å². The quantitative estimate of drug-likeness (QED) is 0.477. The van der Waals surface area contributed by atoms with Crippen LogP contribution in [0.3, 0.4) is 0 Å². The van der Waals surface area contributed by atoms with Crippen molar-refractivity contribution in [1.29, 1.82) is 0 Å². The van der Waals surface area contributed by atoms with Crippen molar-refractivity contribution in [2.45, 2.75) is 12.8 Å². The highest BCUT2D eigenvalue weighted by Gasteiger charge is 2.11. The molecule has 0 aromatic heterocycles. The topological polar surface area (TPSA) is 15.0 Å². The smallest absolute Gasteiger partial charge is 0.308 e. The second-order valence-corrected chi connectivity index (χ2v) is 3.69. The molecule has 0 aromatic carbocycles. The minimum Gasteiger partial charge on any atom is -1.00 e. The van der Waals surface area contributed by atoms with Gasteiger partial charge in [0.25, 0.3) is 0 Å². The minimum absolute atomic E-state index is 0. The number of halogens is 1. The number of hydrogen-bond acceptors (Lipinski definition) is 0. The summed E-state index contributed by atoms with van der Waals surface area (Å²) < 4.78 is 2.38. The summed E-state index contributed by atoms with van der Waals surface area (Å²) >= 11 is 0. The Labute approximate surface area is 66.0 Å². The Bertz CT molecular complexity index is 98.7. The molecule has 9 heavy (non-hydrogen) atoms. The molecule has 1 unspecified atom stereocenters. The van der Waals surface area contributed by atoms with Crippen molar-refractivity contribution in [3.05, 3.63) is 0 Å². The van der Waals surface area contributed by atoms with Crippen molar-refractivity contribution in [3.63, 3.8) is 0 Å². The van der Waals surface area contributed by atoms with Crippen LogP contribution < -0.4 is 17.3 Å². The molecule has 2 nitrogen and oxygen atoms in total. The summed E-state index contributed by atoms with van der Waals surface area (Å²) in [6.07, 6.45) is 2.75. The van der Waals surface area contributed by atoms with Gasteiger partial charge in [-0.3, -0.25) is 0 Å². The van der Waals surface area contributed by atoms with Crippen LogP contribution >= 0.6 is 17.9 Å². The van der Waals surface area contributed by atoms with E-state index in [0.29, 0.717) is 0 Å². The second kappa shape index (κ2) is 5.56. The van der Waals surface area contributed by atoms with Gasteiger partial charge in [0, 0.05) is 12.8 Å². The highest BCUT2D eigenvalue weighted by atomic mass is 35.5. The first-order chi connectivity index (χ1) is 3.93. The molecule has 1 atom stereocenters. The number of rotatable bonds is 1. The summed E-state index contributed by atoms with van der Waals surface area (Å²) in [4.78, 5) is 3.02. The molecule has 1 saturated heterocycles. The molecule has 0 amide bonds. The lowest BCUT2D eigenvalue weighted by Gasteiger charge is -1.84. The van der Waals surface area contributed by atoms with Crippen LogP contribution in [0.4, 0.5) is 0 Å². The van der Waals surface area contributed by atoms with Gasteiger partial charge in [-0.1, -0.05) is 9.39 Å². The molecule has 1 rings (SSSR count). The van der Waals surface area contributed by atoms with Crippen LogP contribution in [0.25, 0.3) is 0 Å². The fourth-order valence-electron chi connectivity index (χ4n) is 0.882. The Hall–Kier alpha value is 0.780. The predicted molar refractivity (Wildman–Crippen MR) is 39.0 cm³/mol. The SMILES string of the molecule is PNP=[N+]1CCCC1.[Cl-]. The van der Waals surface area contributed by atoms with Gasteiger partial charge in [0.15, 0.2) is 0 Å². The molecule has 0 spiro atoms. The normalized spacial score (nSPS) is 18.1. The highest BCUT2D eigenvalue weighted by Crippen LogP contribution is 2.07. The average Bonchev–Trinajstić information content (AvgIpc) is 2.19. The van der Waals surface area contributed by atoms with E-state index in [4.69, 9.17) is 0 Å². The fourth-order valence-corrected chi connectivity index (χ4v) is 2.02. The molecule has 1 aliphatic heterocycles. The van der Waals surface area contributed by atoms with Gasteiger partial charge in [-0.15, -0.1) is 0 Å². The Kier molecular flexibility index (Phi) is 6.04. The molecule has 1 aliphatic rings.